The van der Waals surface area contributed by atoms with Crippen molar-refractivity contribution in [2.45, 2.75) is 64.0 Å². The first-order valence-electron chi connectivity index (χ1n) is 5.10. The Morgan fingerprint density at radius 1 is 1.00 bits per heavy atom. The number of hydrogen-bond donors (Lipinski definition) is 3. The van der Waals surface area contributed by atoms with Crippen LogP contribution in [0.2, 0.25) is 0 Å². The lowest BCUT2D eigenvalue weighted by molar-refractivity contribution is -0.314. The molecular formula is C10H20O5. The zero-order chi connectivity index (χ0) is 11.8. The van der Waals surface area contributed by atoms with Gasteiger partial charge < -0.3 is 24.8 Å². The Morgan fingerprint density at radius 3 is 2.00 bits per heavy atom. The van der Waals surface area contributed by atoms with Gasteiger partial charge in [-0.05, 0) is 27.7 Å². The van der Waals surface area contributed by atoms with Crippen LogP contribution in [-0.2, 0) is 9.47 Å². The molecule has 0 aromatic heterocycles. The molecule has 0 aliphatic carbocycles. The van der Waals surface area contributed by atoms with E-state index in [0.717, 1.165) is 0 Å². The van der Waals surface area contributed by atoms with Crippen LogP contribution in [0.3, 0.4) is 0 Å². The van der Waals surface area contributed by atoms with Crippen molar-refractivity contribution in [1.82, 2.24) is 0 Å². The summed E-state index contributed by atoms with van der Waals surface area (Å²) >= 11 is 0. The van der Waals surface area contributed by atoms with E-state index in [1.54, 1.807) is 6.92 Å². The molecular weight excluding hydrogens is 200 g/mol. The lowest BCUT2D eigenvalue weighted by Crippen LogP contribution is -2.58. The van der Waals surface area contributed by atoms with E-state index in [-0.39, 0.29) is 0 Å². The molecule has 0 saturated carbocycles. The number of ether oxygens (including phenoxy) is 2. The minimum Gasteiger partial charge on any atom is -0.388 e. The van der Waals surface area contributed by atoms with Crippen molar-refractivity contribution < 1.29 is 24.8 Å². The Balaban J connectivity index is 2.67. The van der Waals surface area contributed by atoms with Gasteiger partial charge in [-0.3, -0.25) is 0 Å². The van der Waals surface area contributed by atoms with Crippen molar-refractivity contribution >= 4 is 0 Å². The van der Waals surface area contributed by atoms with Crippen LogP contribution in [0.1, 0.15) is 27.7 Å². The Hall–Kier alpha value is -0.200. The first-order valence-corrected chi connectivity index (χ1v) is 5.10. The maximum atomic E-state index is 9.63. The van der Waals surface area contributed by atoms with Crippen molar-refractivity contribution in [2.75, 3.05) is 0 Å². The first-order chi connectivity index (χ1) is 6.72. The topological polar surface area (TPSA) is 79.2 Å². The van der Waals surface area contributed by atoms with E-state index in [4.69, 9.17) is 9.47 Å². The number of aliphatic hydroxyl groups excluding tert-OH is 3. The summed E-state index contributed by atoms with van der Waals surface area (Å²) in [4.78, 5) is 0. The third kappa shape index (κ3) is 3.12. The van der Waals surface area contributed by atoms with E-state index in [0.29, 0.717) is 0 Å². The van der Waals surface area contributed by atoms with Gasteiger partial charge in [-0.2, -0.15) is 0 Å². The van der Waals surface area contributed by atoms with Crippen LogP contribution in [0.25, 0.3) is 0 Å². The largest absolute Gasteiger partial charge is 0.388 e. The average Bonchev–Trinajstić information content (AvgIpc) is 2.08. The molecule has 0 aromatic rings. The molecule has 1 aliphatic rings. The third-order valence-electron chi connectivity index (χ3n) is 2.28. The summed E-state index contributed by atoms with van der Waals surface area (Å²) in [5.41, 5.74) is -0.479. The summed E-state index contributed by atoms with van der Waals surface area (Å²) in [7, 11) is 0. The molecule has 5 heteroatoms. The molecule has 3 N–H and O–H groups in total. The van der Waals surface area contributed by atoms with Crippen LogP contribution in [0, 0.1) is 0 Å². The Kier molecular flexibility index (Phi) is 3.73. The minimum atomic E-state index is -1.24. The molecule has 90 valence electrons. The van der Waals surface area contributed by atoms with Gasteiger partial charge >= 0.3 is 0 Å². The number of hydrogen-bond acceptors (Lipinski definition) is 5. The second kappa shape index (κ2) is 4.35. The molecule has 1 rings (SSSR count). The molecule has 1 heterocycles. The molecule has 1 saturated heterocycles. The molecule has 1 fully saturated rings. The van der Waals surface area contributed by atoms with Crippen LogP contribution < -0.4 is 0 Å². The second-order valence-corrected chi connectivity index (χ2v) is 4.91. The monoisotopic (exact) mass is 220 g/mol. The minimum absolute atomic E-state index is 0.479. The highest BCUT2D eigenvalue weighted by Gasteiger charge is 2.43. The fourth-order valence-electron chi connectivity index (χ4n) is 1.46. The SMILES string of the molecule is C[C@@H]1OC(OC(C)(C)C)[C@H](O)C(O)[C@H]1O. The smallest absolute Gasteiger partial charge is 0.187 e. The maximum absolute atomic E-state index is 9.63. The summed E-state index contributed by atoms with van der Waals surface area (Å²) < 4.78 is 10.7. The fourth-order valence-corrected chi connectivity index (χ4v) is 1.46. The lowest BCUT2D eigenvalue weighted by Gasteiger charge is -2.41. The van der Waals surface area contributed by atoms with Crippen LogP contribution in [0.5, 0.6) is 0 Å². The first kappa shape index (κ1) is 12.9. The van der Waals surface area contributed by atoms with E-state index in [9.17, 15) is 15.3 Å². The number of rotatable bonds is 1. The zero-order valence-corrected chi connectivity index (χ0v) is 9.54. The molecule has 0 radical (unpaired) electrons. The van der Waals surface area contributed by atoms with Gasteiger partial charge in [-0.1, -0.05) is 0 Å². The molecule has 0 bridgehead atoms. The molecule has 5 nitrogen and oxygen atoms in total. The van der Waals surface area contributed by atoms with Gasteiger partial charge in [0, 0.05) is 0 Å². The van der Waals surface area contributed by atoms with E-state index in [1.165, 1.54) is 0 Å². The van der Waals surface area contributed by atoms with Gasteiger partial charge in [-0.15, -0.1) is 0 Å². The molecule has 15 heavy (non-hydrogen) atoms. The van der Waals surface area contributed by atoms with Crippen LogP contribution in [-0.4, -0.2) is 51.6 Å². The highest BCUT2D eigenvalue weighted by atomic mass is 16.7. The molecule has 1 aliphatic heterocycles. The summed E-state index contributed by atoms with van der Waals surface area (Å²) in [6, 6.07) is 0. The summed E-state index contributed by atoms with van der Waals surface area (Å²) in [5.74, 6) is 0. The zero-order valence-electron chi connectivity index (χ0n) is 9.54. The standard InChI is InChI=1S/C10H20O5/c1-5-6(11)7(12)8(13)9(14-5)15-10(2,3)4/h5-9,11-13H,1-4H3/t5-,6-,7?,8+,9?/m0/s1. The maximum Gasteiger partial charge on any atom is 0.187 e. The summed E-state index contributed by atoms with van der Waals surface area (Å²) in [6.45, 7) is 7.10. The van der Waals surface area contributed by atoms with Crippen LogP contribution in [0.4, 0.5) is 0 Å². The van der Waals surface area contributed by atoms with Crippen molar-refractivity contribution in [1.29, 1.82) is 0 Å². The molecule has 5 atom stereocenters. The summed E-state index contributed by atoms with van der Waals surface area (Å²) in [5, 5.41) is 28.6. The van der Waals surface area contributed by atoms with E-state index in [2.05, 4.69) is 0 Å². The fraction of sp³-hybridized carbons (Fsp3) is 1.00. The van der Waals surface area contributed by atoms with Gasteiger partial charge in [0.25, 0.3) is 0 Å². The van der Waals surface area contributed by atoms with Crippen molar-refractivity contribution in [3.63, 3.8) is 0 Å². The average molecular weight is 220 g/mol. The number of aliphatic hydroxyl groups is 3. The van der Waals surface area contributed by atoms with Gasteiger partial charge in [0.15, 0.2) is 6.29 Å². The normalized spacial score (nSPS) is 43.0. The summed E-state index contributed by atoms with van der Waals surface area (Å²) in [6.07, 6.45) is -5.01. The Morgan fingerprint density at radius 2 is 1.53 bits per heavy atom. The van der Waals surface area contributed by atoms with E-state index >= 15 is 0 Å². The van der Waals surface area contributed by atoms with E-state index in [1.807, 2.05) is 20.8 Å². The molecule has 0 aromatic carbocycles. The van der Waals surface area contributed by atoms with Gasteiger partial charge in [0.1, 0.15) is 18.3 Å². The van der Waals surface area contributed by atoms with Crippen molar-refractivity contribution in [3.05, 3.63) is 0 Å². The van der Waals surface area contributed by atoms with E-state index < -0.39 is 36.3 Å². The Labute approximate surface area is 89.6 Å². The molecule has 0 spiro atoms. The predicted octanol–water partition coefficient (Wildman–Crippen LogP) is -0.371. The van der Waals surface area contributed by atoms with Crippen molar-refractivity contribution in [2.24, 2.45) is 0 Å². The van der Waals surface area contributed by atoms with Crippen LogP contribution >= 0.6 is 0 Å². The van der Waals surface area contributed by atoms with Gasteiger partial charge in [0.2, 0.25) is 0 Å². The quantitative estimate of drug-likeness (QED) is 0.562. The van der Waals surface area contributed by atoms with Gasteiger partial charge in [-0.25, -0.2) is 0 Å². The highest BCUT2D eigenvalue weighted by Crippen LogP contribution is 2.25. The van der Waals surface area contributed by atoms with Gasteiger partial charge in [0.05, 0.1) is 11.7 Å². The molecule has 0 amide bonds. The Bertz CT molecular complexity index is 212. The third-order valence-corrected chi connectivity index (χ3v) is 2.28. The van der Waals surface area contributed by atoms with Crippen LogP contribution in [0.15, 0.2) is 0 Å². The second-order valence-electron chi connectivity index (χ2n) is 4.91. The highest BCUT2D eigenvalue weighted by molar-refractivity contribution is 4.87. The predicted molar refractivity (Wildman–Crippen MR) is 53.2 cm³/mol. The lowest BCUT2D eigenvalue weighted by atomic mass is 10.00. The van der Waals surface area contributed by atoms with Crippen molar-refractivity contribution in [3.8, 4) is 0 Å². The molecule has 2 unspecified atom stereocenters.